The van der Waals surface area contributed by atoms with Crippen LogP contribution in [0, 0.1) is 17.8 Å². The van der Waals surface area contributed by atoms with Crippen molar-refractivity contribution in [1.82, 2.24) is 0 Å². The first-order chi connectivity index (χ1) is 9.51. The maximum absolute atomic E-state index is 5.53. The zero-order chi connectivity index (χ0) is 15.0. The van der Waals surface area contributed by atoms with Crippen molar-refractivity contribution in [2.75, 3.05) is 6.61 Å². The van der Waals surface area contributed by atoms with Gasteiger partial charge in [-0.15, -0.1) is 0 Å². The van der Waals surface area contributed by atoms with Crippen molar-refractivity contribution in [3.63, 3.8) is 0 Å². The molecular weight excluding hydrogens is 244 g/mol. The summed E-state index contributed by atoms with van der Waals surface area (Å²) < 4.78 is 5.53. The first-order valence-corrected chi connectivity index (χ1v) is 7.83. The van der Waals surface area contributed by atoms with Crippen molar-refractivity contribution in [3.05, 3.63) is 42.5 Å². The number of ether oxygens (including phenoxy) is 1. The van der Waals surface area contributed by atoms with Gasteiger partial charge in [-0.25, -0.2) is 0 Å². The molecule has 1 rings (SSSR count). The molecule has 1 aromatic rings. The zero-order valence-electron chi connectivity index (χ0n) is 13.6. The molecular formula is C19H30O. The van der Waals surface area contributed by atoms with Gasteiger partial charge in [-0.2, -0.15) is 0 Å². The Morgan fingerprint density at radius 2 is 1.55 bits per heavy atom. The Labute approximate surface area is 125 Å². The van der Waals surface area contributed by atoms with E-state index in [9.17, 15) is 0 Å². The summed E-state index contributed by atoms with van der Waals surface area (Å²) in [5, 5.41) is 0. The standard InChI is InChI=1S/C19H30O/c1-6-11-20-19-9-7-17(8-10-19)14-18(12-15(2)3)13-16(4)5/h6-10,15-16,18H,1,11-14H2,2-5H3. The average molecular weight is 274 g/mol. The molecule has 0 aliphatic heterocycles. The monoisotopic (exact) mass is 274 g/mol. The second-order valence-corrected chi connectivity index (χ2v) is 6.57. The van der Waals surface area contributed by atoms with Crippen LogP contribution in [0.2, 0.25) is 0 Å². The number of hydrogen-bond acceptors (Lipinski definition) is 1. The first kappa shape index (κ1) is 16.8. The smallest absolute Gasteiger partial charge is 0.119 e. The Morgan fingerprint density at radius 1 is 1.00 bits per heavy atom. The van der Waals surface area contributed by atoms with Crippen LogP contribution in [0.25, 0.3) is 0 Å². The molecule has 0 aromatic heterocycles. The van der Waals surface area contributed by atoms with E-state index in [2.05, 4.69) is 58.5 Å². The lowest BCUT2D eigenvalue weighted by molar-refractivity contribution is 0.341. The molecule has 0 saturated carbocycles. The van der Waals surface area contributed by atoms with E-state index in [1.165, 1.54) is 24.8 Å². The summed E-state index contributed by atoms with van der Waals surface area (Å²) in [6.07, 6.45) is 5.58. The molecule has 0 saturated heterocycles. The summed E-state index contributed by atoms with van der Waals surface area (Å²) in [4.78, 5) is 0. The largest absolute Gasteiger partial charge is 0.490 e. The maximum Gasteiger partial charge on any atom is 0.119 e. The van der Waals surface area contributed by atoms with Gasteiger partial charge in [-0.05, 0) is 54.7 Å². The molecule has 0 fully saturated rings. The number of hydrogen-bond donors (Lipinski definition) is 0. The van der Waals surface area contributed by atoms with E-state index in [-0.39, 0.29) is 0 Å². The Kier molecular flexibility index (Phi) is 7.43. The normalized spacial score (nSPS) is 11.3. The van der Waals surface area contributed by atoms with E-state index in [0.717, 1.165) is 23.5 Å². The molecule has 20 heavy (non-hydrogen) atoms. The average Bonchev–Trinajstić information content (AvgIpc) is 2.36. The van der Waals surface area contributed by atoms with Gasteiger partial charge in [0.15, 0.2) is 0 Å². The molecule has 0 aliphatic rings. The highest BCUT2D eigenvalue weighted by molar-refractivity contribution is 5.27. The van der Waals surface area contributed by atoms with Crippen molar-refractivity contribution in [1.29, 1.82) is 0 Å². The van der Waals surface area contributed by atoms with E-state index in [1.54, 1.807) is 6.08 Å². The molecule has 0 atom stereocenters. The second-order valence-electron chi connectivity index (χ2n) is 6.57. The topological polar surface area (TPSA) is 9.23 Å². The maximum atomic E-state index is 5.53. The Morgan fingerprint density at radius 3 is 2.00 bits per heavy atom. The summed E-state index contributed by atoms with van der Waals surface area (Å²) in [5.41, 5.74) is 1.42. The van der Waals surface area contributed by atoms with Crippen molar-refractivity contribution < 1.29 is 4.74 Å². The SMILES string of the molecule is C=CCOc1ccc(CC(CC(C)C)CC(C)C)cc1. The highest BCUT2D eigenvalue weighted by atomic mass is 16.5. The van der Waals surface area contributed by atoms with Crippen LogP contribution in [-0.2, 0) is 6.42 Å². The molecule has 0 heterocycles. The van der Waals surface area contributed by atoms with Crippen LogP contribution in [0.1, 0.15) is 46.1 Å². The minimum Gasteiger partial charge on any atom is -0.490 e. The summed E-state index contributed by atoms with van der Waals surface area (Å²) in [6, 6.07) is 8.54. The van der Waals surface area contributed by atoms with E-state index < -0.39 is 0 Å². The molecule has 1 heteroatoms. The van der Waals surface area contributed by atoms with Crippen molar-refractivity contribution >= 4 is 0 Å². The van der Waals surface area contributed by atoms with Crippen LogP contribution >= 0.6 is 0 Å². The lowest BCUT2D eigenvalue weighted by Crippen LogP contribution is -2.11. The highest BCUT2D eigenvalue weighted by Gasteiger charge is 2.13. The van der Waals surface area contributed by atoms with Crippen LogP contribution in [0.5, 0.6) is 5.75 Å². The quantitative estimate of drug-likeness (QED) is 0.540. The fourth-order valence-corrected chi connectivity index (χ4v) is 2.81. The fourth-order valence-electron chi connectivity index (χ4n) is 2.81. The molecule has 0 bridgehead atoms. The fraction of sp³-hybridized carbons (Fsp3) is 0.579. The van der Waals surface area contributed by atoms with Crippen molar-refractivity contribution in [3.8, 4) is 5.75 Å². The van der Waals surface area contributed by atoms with Crippen LogP contribution in [-0.4, -0.2) is 6.61 Å². The number of benzene rings is 1. The molecule has 0 amide bonds. The molecule has 0 unspecified atom stereocenters. The summed E-state index contributed by atoms with van der Waals surface area (Å²) in [7, 11) is 0. The van der Waals surface area contributed by atoms with Gasteiger partial charge in [-0.1, -0.05) is 52.5 Å². The predicted molar refractivity (Wildman–Crippen MR) is 88.2 cm³/mol. The molecule has 1 nitrogen and oxygen atoms in total. The summed E-state index contributed by atoms with van der Waals surface area (Å²) in [6.45, 7) is 13.5. The second kappa shape index (κ2) is 8.84. The third-order valence-electron chi connectivity index (χ3n) is 3.43. The minimum absolute atomic E-state index is 0.572. The van der Waals surface area contributed by atoms with E-state index in [0.29, 0.717) is 6.61 Å². The lowest BCUT2D eigenvalue weighted by Gasteiger charge is -2.21. The number of rotatable bonds is 9. The lowest BCUT2D eigenvalue weighted by atomic mass is 9.85. The van der Waals surface area contributed by atoms with Gasteiger partial charge in [0.2, 0.25) is 0 Å². The summed E-state index contributed by atoms with van der Waals surface area (Å²) >= 11 is 0. The van der Waals surface area contributed by atoms with Crippen LogP contribution < -0.4 is 4.74 Å². The van der Waals surface area contributed by atoms with Crippen LogP contribution in [0.3, 0.4) is 0 Å². The Hall–Kier alpha value is -1.24. The molecule has 0 spiro atoms. The van der Waals surface area contributed by atoms with Crippen molar-refractivity contribution in [2.24, 2.45) is 17.8 Å². The molecule has 0 aliphatic carbocycles. The molecule has 0 N–H and O–H groups in total. The molecule has 0 radical (unpaired) electrons. The first-order valence-electron chi connectivity index (χ1n) is 7.83. The van der Waals surface area contributed by atoms with E-state index >= 15 is 0 Å². The van der Waals surface area contributed by atoms with Gasteiger partial charge >= 0.3 is 0 Å². The third kappa shape index (κ3) is 6.79. The molecule has 1 aromatic carbocycles. The van der Waals surface area contributed by atoms with Crippen LogP contribution in [0.4, 0.5) is 0 Å². The van der Waals surface area contributed by atoms with Gasteiger partial charge in [0, 0.05) is 0 Å². The highest BCUT2D eigenvalue weighted by Crippen LogP contribution is 2.25. The van der Waals surface area contributed by atoms with Crippen molar-refractivity contribution in [2.45, 2.75) is 47.0 Å². The Bertz CT molecular complexity index is 365. The zero-order valence-corrected chi connectivity index (χ0v) is 13.6. The van der Waals surface area contributed by atoms with Gasteiger partial charge in [-0.3, -0.25) is 0 Å². The minimum atomic E-state index is 0.572. The van der Waals surface area contributed by atoms with Gasteiger partial charge in [0.25, 0.3) is 0 Å². The third-order valence-corrected chi connectivity index (χ3v) is 3.43. The Balaban J connectivity index is 2.60. The predicted octanol–water partition coefficient (Wildman–Crippen LogP) is 5.50. The van der Waals surface area contributed by atoms with Gasteiger partial charge < -0.3 is 4.74 Å². The van der Waals surface area contributed by atoms with E-state index in [4.69, 9.17) is 4.74 Å². The van der Waals surface area contributed by atoms with Crippen LogP contribution in [0.15, 0.2) is 36.9 Å². The van der Waals surface area contributed by atoms with Gasteiger partial charge in [0.05, 0.1) is 0 Å². The van der Waals surface area contributed by atoms with E-state index in [1.807, 2.05) is 0 Å². The van der Waals surface area contributed by atoms with Gasteiger partial charge in [0.1, 0.15) is 12.4 Å². The molecule has 112 valence electrons. The summed E-state index contributed by atoms with van der Waals surface area (Å²) in [5.74, 6) is 3.26.